The first-order valence-electron chi connectivity index (χ1n) is 5.72. The highest BCUT2D eigenvalue weighted by molar-refractivity contribution is 7.80. The summed E-state index contributed by atoms with van der Waals surface area (Å²) < 4.78 is 0. The van der Waals surface area contributed by atoms with Crippen LogP contribution in [0.2, 0.25) is 0 Å². The van der Waals surface area contributed by atoms with Crippen molar-refractivity contribution in [3.05, 3.63) is 29.0 Å². The molecular weight excluding hydrogens is 278 g/mol. The molecule has 0 aliphatic carbocycles. The topological polar surface area (TPSA) is 76.7 Å². The molecule has 0 fully saturated rings. The molecule has 0 radical (unpaired) electrons. The highest BCUT2D eigenvalue weighted by atomic mass is 32.1. The normalized spacial score (nSPS) is 11.3. The van der Waals surface area contributed by atoms with Crippen LogP contribution in [0.3, 0.4) is 0 Å². The zero-order valence-electron chi connectivity index (χ0n) is 11.0. The Labute approximate surface area is 121 Å². The lowest BCUT2D eigenvalue weighted by atomic mass is 9.93. The van der Waals surface area contributed by atoms with Crippen molar-refractivity contribution in [2.75, 3.05) is 5.32 Å². The Morgan fingerprint density at radius 3 is 2.68 bits per heavy atom. The number of thiazole rings is 1. The SMILES string of the molecule is CC(C)(C)c1csc(Nc2nccc(C(N)=S)n2)n1. The zero-order chi connectivity index (χ0) is 14.0. The average Bonchev–Trinajstić information content (AvgIpc) is 2.77. The zero-order valence-corrected chi connectivity index (χ0v) is 12.6. The molecule has 0 spiro atoms. The second kappa shape index (κ2) is 5.18. The van der Waals surface area contributed by atoms with Gasteiger partial charge in [0, 0.05) is 17.0 Å². The monoisotopic (exact) mass is 293 g/mol. The second-order valence-electron chi connectivity index (χ2n) is 5.04. The van der Waals surface area contributed by atoms with Gasteiger partial charge in [-0.2, -0.15) is 0 Å². The van der Waals surface area contributed by atoms with Gasteiger partial charge in [0.2, 0.25) is 5.95 Å². The fourth-order valence-electron chi connectivity index (χ4n) is 1.33. The number of hydrogen-bond donors (Lipinski definition) is 2. The van der Waals surface area contributed by atoms with Gasteiger partial charge in [-0.1, -0.05) is 33.0 Å². The van der Waals surface area contributed by atoms with E-state index in [4.69, 9.17) is 18.0 Å². The molecule has 0 aromatic carbocycles. The van der Waals surface area contributed by atoms with Crippen molar-refractivity contribution in [1.29, 1.82) is 0 Å². The molecule has 2 rings (SSSR count). The minimum Gasteiger partial charge on any atom is -0.388 e. The second-order valence-corrected chi connectivity index (χ2v) is 6.34. The standard InChI is InChI=1S/C12H15N5S2/c1-12(2,3)8-6-19-11(16-8)17-10-14-5-4-7(15-10)9(13)18/h4-6H,1-3H3,(H2,13,18)(H,14,15,16,17). The Kier molecular flexibility index (Phi) is 3.77. The van der Waals surface area contributed by atoms with Gasteiger partial charge in [0.15, 0.2) is 5.13 Å². The molecule has 7 heteroatoms. The Bertz CT molecular complexity index is 600. The molecule has 0 aliphatic heterocycles. The number of thiocarbonyl (C=S) groups is 1. The summed E-state index contributed by atoms with van der Waals surface area (Å²) in [5, 5.41) is 5.84. The average molecular weight is 293 g/mol. The fraction of sp³-hybridized carbons (Fsp3) is 0.333. The van der Waals surface area contributed by atoms with E-state index in [1.807, 2.05) is 5.38 Å². The third-order valence-corrected chi connectivity index (χ3v) is 3.37. The van der Waals surface area contributed by atoms with E-state index in [1.54, 1.807) is 12.3 Å². The number of anilines is 2. The number of nitrogens with two attached hydrogens (primary N) is 1. The van der Waals surface area contributed by atoms with E-state index >= 15 is 0 Å². The molecule has 0 atom stereocenters. The first-order valence-corrected chi connectivity index (χ1v) is 7.01. The van der Waals surface area contributed by atoms with Crippen LogP contribution >= 0.6 is 23.6 Å². The van der Waals surface area contributed by atoms with E-state index in [-0.39, 0.29) is 10.4 Å². The summed E-state index contributed by atoms with van der Waals surface area (Å²) in [5.41, 5.74) is 7.14. The Morgan fingerprint density at radius 1 is 1.37 bits per heavy atom. The quantitative estimate of drug-likeness (QED) is 0.847. The maximum atomic E-state index is 5.54. The van der Waals surface area contributed by atoms with Crippen molar-refractivity contribution in [2.45, 2.75) is 26.2 Å². The first kappa shape index (κ1) is 13.8. The van der Waals surface area contributed by atoms with Gasteiger partial charge >= 0.3 is 0 Å². The number of aromatic nitrogens is 3. The van der Waals surface area contributed by atoms with E-state index in [2.05, 4.69) is 41.0 Å². The number of hydrogen-bond acceptors (Lipinski definition) is 6. The molecule has 0 saturated heterocycles. The van der Waals surface area contributed by atoms with Gasteiger partial charge in [-0.15, -0.1) is 11.3 Å². The van der Waals surface area contributed by atoms with E-state index in [9.17, 15) is 0 Å². The van der Waals surface area contributed by atoms with Crippen LogP contribution in [0.4, 0.5) is 11.1 Å². The summed E-state index contributed by atoms with van der Waals surface area (Å²) in [6.07, 6.45) is 1.61. The van der Waals surface area contributed by atoms with Crippen molar-refractivity contribution in [3.8, 4) is 0 Å². The van der Waals surface area contributed by atoms with Gasteiger partial charge in [-0.05, 0) is 6.07 Å². The molecule has 2 heterocycles. The third-order valence-electron chi connectivity index (χ3n) is 2.40. The lowest BCUT2D eigenvalue weighted by Crippen LogP contribution is -2.13. The summed E-state index contributed by atoms with van der Waals surface area (Å²) in [7, 11) is 0. The summed E-state index contributed by atoms with van der Waals surface area (Å²) in [6, 6.07) is 1.68. The minimum atomic E-state index is 0.0258. The molecule has 0 aliphatic rings. The molecule has 19 heavy (non-hydrogen) atoms. The van der Waals surface area contributed by atoms with Gasteiger partial charge in [0.05, 0.1) is 5.69 Å². The van der Waals surface area contributed by atoms with Gasteiger partial charge in [0.1, 0.15) is 10.7 Å². The van der Waals surface area contributed by atoms with E-state index in [1.165, 1.54) is 11.3 Å². The fourth-order valence-corrected chi connectivity index (χ4v) is 2.37. The maximum Gasteiger partial charge on any atom is 0.229 e. The van der Waals surface area contributed by atoms with Crippen molar-refractivity contribution in [3.63, 3.8) is 0 Å². The Balaban J connectivity index is 2.19. The van der Waals surface area contributed by atoms with E-state index < -0.39 is 0 Å². The van der Waals surface area contributed by atoms with Gasteiger partial charge < -0.3 is 11.1 Å². The summed E-state index contributed by atoms with van der Waals surface area (Å²) in [5.74, 6) is 0.445. The van der Waals surface area contributed by atoms with Crippen molar-refractivity contribution < 1.29 is 0 Å². The highest BCUT2D eigenvalue weighted by Crippen LogP contribution is 2.27. The van der Waals surface area contributed by atoms with Crippen molar-refractivity contribution in [2.24, 2.45) is 5.73 Å². The lowest BCUT2D eigenvalue weighted by Gasteiger charge is -2.14. The molecule has 0 bridgehead atoms. The van der Waals surface area contributed by atoms with Gasteiger partial charge in [-0.25, -0.2) is 15.0 Å². The lowest BCUT2D eigenvalue weighted by molar-refractivity contribution is 0.573. The summed E-state index contributed by atoms with van der Waals surface area (Å²) >= 11 is 6.41. The largest absolute Gasteiger partial charge is 0.388 e. The number of rotatable bonds is 3. The minimum absolute atomic E-state index is 0.0258. The smallest absolute Gasteiger partial charge is 0.229 e. The number of nitrogens with one attached hydrogen (secondary N) is 1. The molecule has 0 amide bonds. The van der Waals surface area contributed by atoms with Crippen LogP contribution in [0.25, 0.3) is 0 Å². The molecule has 100 valence electrons. The van der Waals surface area contributed by atoms with Crippen LogP contribution in [0, 0.1) is 0 Å². The summed E-state index contributed by atoms with van der Waals surface area (Å²) in [4.78, 5) is 13.1. The Morgan fingerprint density at radius 2 is 2.11 bits per heavy atom. The predicted molar refractivity (Wildman–Crippen MR) is 82.0 cm³/mol. The Hall–Kier alpha value is -1.60. The molecule has 2 aromatic rings. The van der Waals surface area contributed by atoms with Crippen LogP contribution < -0.4 is 11.1 Å². The van der Waals surface area contributed by atoms with Gasteiger partial charge in [0.25, 0.3) is 0 Å². The van der Waals surface area contributed by atoms with Crippen LogP contribution in [0.5, 0.6) is 0 Å². The van der Waals surface area contributed by atoms with Crippen molar-refractivity contribution in [1.82, 2.24) is 15.0 Å². The molecule has 2 aromatic heterocycles. The molecule has 0 unspecified atom stereocenters. The van der Waals surface area contributed by atoms with E-state index in [0.717, 1.165) is 10.8 Å². The van der Waals surface area contributed by atoms with Gasteiger partial charge in [-0.3, -0.25) is 0 Å². The van der Waals surface area contributed by atoms with Crippen LogP contribution in [-0.2, 0) is 5.41 Å². The predicted octanol–water partition coefficient (Wildman–Crippen LogP) is 2.61. The third kappa shape index (κ3) is 3.45. The van der Waals surface area contributed by atoms with E-state index in [0.29, 0.717) is 11.6 Å². The highest BCUT2D eigenvalue weighted by Gasteiger charge is 2.17. The first-order chi connectivity index (χ1) is 8.86. The maximum absolute atomic E-state index is 5.54. The molecule has 3 N–H and O–H groups in total. The van der Waals surface area contributed by atoms with Crippen molar-refractivity contribution >= 4 is 39.6 Å². The molecule has 0 saturated carbocycles. The van der Waals surface area contributed by atoms with Crippen LogP contribution in [0.15, 0.2) is 17.6 Å². The van der Waals surface area contributed by atoms with Crippen LogP contribution in [-0.4, -0.2) is 19.9 Å². The molecular formula is C12H15N5S2. The number of nitrogens with zero attached hydrogens (tertiary/aromatic N) is 3. The molecule has 5 nitrogen and oxygen atoms in total. The van der Waals surface area contributed by atoms with Crippen LogP contribution in [0.1, 0.15) is 32.2 Å². The summed E-state index contributed by atoms with van der Waals surface area (Å²) in [6.45, 7) is 6.36.